The van der Waals surface area contributed by atoms with Gasteiger partial charge in [0.05, 0.1) is 25.5 Å². The van der Waals surface area contributed by atoms with Gasteiger partial charge < -0.3 is 24.8 Å². The van der Waals surface area contributed by atoms with E-state index in [1.807, 2.05) is 23.9 Å². The molecule has 0 saturated carbocycles. The molecule has 2 fully saturated rings. The number of carbonyl (C=O) groups is 1. The molecule has 2 aliphatic heterocycles. The van der Waals surface area contributed by atoms with Gasteiger partial charge in [-0.2, -0.15) is 0 Å². The lowest BCUT2D eigenvalue weighted by molar-refractivity contribution is -0.140. The molecule has 0 atom stereocenters. The lowest BCUT2D eigenvalue weighted by Crippen LogP contribution is -2.50. The average molecular weight is 536 g/mol. The Labute approximate surface area is 194 Å². The molecule has 0 radical (unpaired) electrons. The molecule has 0 spiro atoms. The molecule has 1 N–H and O–H groups in total. The van der Waals surface area contributed by atoms with Crippen molar-refractivity contribution in [1.82, 2.24) is 20.1 Å². The van der Waals surface area contributed by atoms with Crippen LogP contribution in [0.15, 0.2) is 10.4 Å². The summed E-state index contributed by atoms with van der Waals surface area (Å²) < 4.78 is 5.36. The number of aromatic nitrogens is 1. The van der Waals surface area contributed by atoms with Gasteiger partial charge in [-0.05, 0) is 19.8 Å². The number of hydrogen-bond acceptors (Lipinski definition) is 6. The standard InChI is InChI=1S/C19H32N6O2S.HI/c1-4-20-18(21-13-16-14-28-19(22-16)23(2)3)25-7-5-15(6-8-25)17(26)24-9-11-27-12-10-24;/h14-15H,4-13H2,1-3H3,(H,20,21);1H. The molecule has 0 aromatic carbocycles. The number of rotatable bonds is 5. The van der Waals surface area contributed by atoms with E-state index in [9.17, 15) is 4.79 Å². The Morgan fingerprint density at radius 1 is 1.28 bits per heavy atom. The van der Waals surface area contributed by atoms with Crippen LogP contribution >= 0.6 is 35.3 Å². The normalized spacial score (nSPS) is 18.4. The summed E-state index contributed by atoms with van der Waals surface area (Å²) in [5.41, 5.74) is 0.987. The third-order valence-corrected chi connectivity index (χ3v) is 6.17. The van der Waals surface area contributed by atoms with Crippen LogP contribution in [0.4, 0.5) is 5.13 Å². The molecular formula is C19H33IN6O2S. The van der Waals surface area contributed by atoms with E-state index in [-0.39, 0.29) is 29.9 Å². The highest BCUT2D eigenvalue weighted by Crippen LogP contribution is 2.21. The molecule has 1 aromatic rings. The third kappa shape index (κ3) is 6.68. The van der Waals surface area contributed by atoms with Crippen molar-refractivity contribution in [2.24, 2.45) is 10.9 Å². The maximum Gasteiger partial charge on any atom is 0.225 e. The summed E-state index contributed by atoms with van der Waals surface area (Å²) in [6.45, 7) is 7.96. The van der Waals surface area contributed by atoms with Crippen molar-refractivity contribution >= 4 is 52.3 Å². The van der Waals surface area contributed by atoms with Crippen LogP contribution in [0.5, 0.6) is 0 Å². The molecule has 0 unspecified atom stereocenters. The van der Waals surface area contributed by atoms with Gasteiger partial charge in [0.25, 0.3) is 0 Å². The minimum Gasteiger partial charge on any atom is -0.378 e. The number of guanidine groups is 1. The van der Waals surface area contributed by atoms with Gasteiger partial charge in [0, 0.05) is 58.1 Å². The number of nitrogens with zero attached hydrogens (tertiary/aromatic N) is 5. The van der Waals surface area contributed by atoms with Crippen LogP contribution in [0.3, 0.4) is 0 Å². The zero-order chi connectivity index (χ0) is 19.9. The topological polar surface area (TPSA) is 73.3 Å². The van der Waals surface area contributed by atoms with Gasteiger partial charge in [0.2, 0.25) is 5.91 Å². The lowest BCUT2D eigenvalue weighted by Gasteiger charge is -2.36. The van der Waals surface area contributed by atoms with Gasteiger partial charge in [-0.15, -0.1) is 35.3 Å². The Bertz CT molecular complexity index is 669. The average Bonchev–Trinajstić information content (AvgIpc) is 3.21. The molecule has 0 aliphatic carbocycles. The number of piperidine rings is 1. The second-order valence-electron chi connectivity index (χ2n) is 7.38. The largest absolute Gasteiger partial charge is 0.378 e. The zero-order valence-electron chi connectivity index (χ0n) is 17.6. The number of morpholine rings is 1. The number of thiazole rings is 1. The molecule has 3 heterocycles. The number of nitrogens with one attached hydrogen (secondary N) is 1. The Balaban J connectivity index is 0.00000300. The first-order valence-corrected chi connectivity index (χ1v) is 11.0. The molecule has 2 aliphatic rings. The number of likely N-dealkylation sites (tertiary alicyclic amines) is 1. The summed E-state index contributed by atoms with van der Waals surface area (Å²) in [4.78, 5) is 28.4. The van der Waals surface area contributed by atoms with Crippen LogP contribution in [0.25, 0.3) is 0 Å². The number of amides is 1. The van der Waals surface area contributed by atoms with Crippen molar-refractivity contribution in [3.8, 4) is 0 Å². The highest BCUT2D eigenvalue weighted by Gasteiger charge is 2.30. The maximum atomic E-state index is 12.7. The molecular weight excluding hydrogens is 503 g/mol. The van der Waals surface area contributed by atoms with E-state index >= 15 is 0 Å². The van der Waals surface area contributed by atoms with E-state index in [1.165, 1.54) is 0 Å². The first kappa shape index (κ1) is 24.1. The van der Waals surface area contributed by atoms with Gasteiger partial charge in [-0.3, -0.25) is 4.79 Å². The fourth-order valence-electron chi connectivity index (χ4n) is 3.54. The molecule has 164 valence electrons. The molecule has 10 heteroatoms. The molecule has 3 rings (SSSR count). The van der Waals surface area contributed by atoms with Crippen molar-refractivity contribution in [3.63, 3.8) is 0 Å². The first-order valence-electron chi connectivity index (χ1n) is 10.1. The Morgan fingerprint density at radius 3 is 2.55 bits per heavy atom. The quantitative estimate of drug-likeness (QED) is 0.352. The number of aliphatic imine (C=N–C) groups is 1. The fraction of sp³-hybridized carbons (Fsp3) is 0.737. The van der Waals surface area contributed by atoms with Gasteiger partial charge >= 0.3 is 0 Å². The smallest absolute Gasteiger partial charge is 0.225 e. The monoisotopic (exact) mass is 536 g/mol. The van der Waals surface area contributed by atoms with E-state index in [2.05, 4.69) is 27.5 Å². The maximum absolute atomic E-state index is 12.7. The number of anilines is 1. The number of halogens is 1. The summed E-state index contributed by atoms with van der Waals surface area (Å²) in [5.74, 6) is 1.33. The Kier molecular flexibility index (Phi) is 9.90. The fourth-order valence-corrected chi connectivity index (χ4v) is 4.29. The number of carbonyl (C=O) groups excluding carboxylic acids is 1. The Hall–Kier alpha value is -1.14. The second-order valence-corrected chi connectivity index (χ2v) is 8.22. The number of ether oxygens (including phenoxy) is 1. The summed E-state index contributed by atoms with van der Waals surface area (Å²) in [6.07, 6.45) is 1.75. The van der Waals surface area contributed by atoms with Crippen molar-refractivity contribution < 1.29 is 9.53 Å². The van der Waals surface area contributed by atoms with Gasteiger partial charge in [0.15, 0.2) is 11.1 Å². The van der Waals surface area contributed by atoms with Gasteiger partial charge in [-0.25, -0.2) is 9.98 Å². The van der Waals surface area contributed by atoms with Crippen LogP contribution in [0, 0.1) is 5.92 Å². The van der Waals surface area contributed by atoms with E-state index in [0.29, 0.717) is 25.7 Å². The van der Waals surface area contributed by atoms with Crippen molar-refractivity contribution in [3.05, 3.63) is 11.1 Å². The van der Waals surface area contributed by atoms with Crippen molar-refractivity contribution in [2.75, 3.05) is 64.9 Å². The van der Waals surface area contributed by atoms with Crippen LogP contribution in [0.2, 0.25) is 0 Å². The SMILES string of the molecule is CCNC(=NCc1csc(N(C)C)n1)N1CCC(C(=O)N2CCOCC2)CC1.I. The highest BCUT2D eigenvalue weighted by atomic mass is 127. The highest BCUT2D eigenvalue weighted by molar-refractivity contribution is 14.0. The molecule has 1 aromatic heterocycles. The van der Waals surface area contributed by atoms with Gasteiger partial charge in [0.1, 0.15) is 0 Å². The summed E-state index contributed by atoms with van der Waals surface area (Å²) in [7, 11) is 4.00. The zero-order valence-corrected chi connectivity index (χ0v) is 20.7. The first-order chi connectivity index (χ1) is 13.6. The van der Waals surface area contributed by atoms with Crippen LogP contribution in [-0.2, 0) is 16.1 Å². The molecule has 8 nitrogen and oxygen atoms in total. The van der Waals surface area contributed by atoms with Gasteiger partial charge in [-0.1, -0.05) is 0 Å². The van der Waals surface area contributed by atoms with E-state index in [4.69, 9.17) is 9.73 Å². The van der Waals surface area contributed by atoms with Crippen LogP contribution in [-0.4, -0.2) is 86.7 Å². The molecule has 1 amide bonds. The summed E-state index contributed by atoms with van der Waals surface area (Å²) in [6, 6.07) is 0. The van der Waals surface area contributed by atoms with E-state index in [1.54, 1.807) is 11.3 Å². The minimum atomic E-state index is 0. The minimum absolute atomic E-state index is 0. The predicted octanol–water partition coefficient (Wildman–Crippen LogP) is 1.86. The molecule has 2 saturated heterocycles. The Morgan fingerprint density at radius 2 is 1.97 bits per heavy atom. The summed E-state index contributed by atoms with van der Waals surface area (Å²) in [5, 5.41) is 6.45. The van der Waals surface area contributed by atoms with Crippen molar-refractivity contribution in [2.45, 2.75) is 26.3 Å². The summed E-state index contributed by atoms with van der Waals surface area (Å²) >= 11 is 1.64. The van der Waals surface area contributed by atoms with Crippen LogP contribution < -0.4 is 10.2 Å². The number of hydrogen-bond donors (Lipinski definition) is 1. The predicted molar refractivity (Wildman–Crippen MR) is 128 cm³/mol. The van der Waals surface area contributed by atoms with Crippen molar-refractivity contribution in [1.29, 1.82) is 0 Å². The lowest BCUT2D eigenvalue weighted by atomic mass is 9.95. The van der Waals surface area contributed by atoms with E-state index in [0.717, 1.165) is 62.4 Å². The third-order valence-electron chi connectivity index (χ3n) is 5.11. The van der Waals surface area contributed by atoms with Crippen LogP contribution in [0.1, 0.15) is 25.5 Å². The second kappa shape index (κ2) is 11.9. The van der Waals surface area contributed by atoms with E-state index < -0.39 is 0 Å². The molecule has 29 heavy (non-hydrogen) atoms. The molecule has 0 bridgehead atoms.